The quantitative estimate of drug-likeness (QED) is 0.894. The van der Waals surface area contributed by atoms with Gasteiger partial charge in [-0.05, 0) is 62.4 Å². The largest absolute Gasteiger partial charge is 0.349 e. The van der Waals surface area contributed by atoms with E-state index in [-0.39, 0.29) is 36.1 Å². The lowest BCUT2D eigenvalue weighted by atomic mass is 9.89. The molecule has 1 heterocycles. The molecule has 5 heteroatoms. The summed E-state index contributed by atoms with van der Waals surface area (Å²) in [6.07, 6.45) is 6.36. The molecule has 3 rings (SSSR count). The van der Waals surface area contributed by atoms with Crippen molar-refractivity contribution in [2.75, 3.05) is 13.1 Å². The second-order valence-electron chi connectivity index (χ2n) is 6.22. The molecule has 3 nitrogen and oxygen atoms in total. The van der Waals surface area contributed by atoms with Gasteiger partial charge in [0.2, 0.25) is 0 Å². The fourth-order valence-electron chi connectivity index (χ4n) is 3.47. The smallest absolute Gasteiger partial charge is 0.251 e. The number of carbonyl (C=O) groups is 1. The zero-order valence-electron chi connectivity index (χ0n) is 12.7. The van der Waals surface area contributed by atoms with Crippen molar-refractivity contribution < 1.29 is 9.18 Å². The van der Waals surface area contributed by atoms with Gasteiger partial charge < -0.3 is 10.6 Å². The van der Waals surface area contributed by atoms with Gasteiger partial charge in [-0.15, -0.1) is 12.4 Å². The van der Waals surface area contributed by atoms with Gasteiger partial charge in [0.1, 0.15) is 5.82 Å². The number of piperidine rings is 1. The van der Waals surface area contributed by atoms with Crippen molar-refractivity contribution in [2.24, 2.45) is 0 Å². The molecule has 1 saturated carbocycles. The molecule has 0 bridgehead atoms. The van der Waals surface area contributed by atoms with Crippen LogP contribution in [-0.2, 0) is 0 Å². The van der Waals surface area contributed by atoms with E-state index in [0.29, 0.717) is 5.56 Å². The van der Waals surface area contributed by atoms with Gasteiger partial charge in [-0.2, -0.15) is 0 Å². The Morgan fingerprint density at radius 1 is 1.14 bits per heavy atom. The van der Waals surface area contributed by atoms with E-state index >= 15 is 0 Å². The molecule has 0 aromatic heterocycles. The Hall–Kier alpha value is -1.13. The lowest BCUT2D eigenvalue weighted by Gasteiger charge is -2.23. The lowest BCUT2D eigenvalue weighted by molar-refractivity contribution is 0.0937. The monoisotopic (exact) mass is 326 g/mol. The van der Waals surface area contributed by atoms with E-state index in [9.17, 15) is 9.18 Å². The average molecular weight is 327 g/mol. The van der Waals surface area contributed by atoms with Crippen LogP contribution in [0.4, 0.5) is 4.39 Å². The molecule has 2 aliphatic rings. The van der Waals surface area contributed by atoms with Crippen LogP contribution in [0.5, 0.6) is 0 Å². The molecular formula is C17H24ClFN2O. The molecule has 1 amide bonds. The standard InChI is InChI=1S/C17H23FN2O.ClH/c18-16-11-13(17(21)20-14-3-1-2-4-14)5-6-15(16)12-7-9-19-10-8-12;/h5-6,11-12,14,19H,1-4,7-10H2,(H,20,21);1H. The van der Waals surface area contributed by atoms with Crippen molar-refractivity contribution in [2.45, 2.75) is 50.5 Å². The summed E-state index contributed by atoms with van der Waals surface area (Å²) in [5.74, 6) is -0.100. The van der Waals surface area contributed by atoms with Crippen LogP contribution in [0, 0.1) is 5.82 Å². The van der Waals surface area contributed by atoms with Crippen molar-refractivity contribution in [3.63, 3.8) is 0 Å². The molecule has 0 spiro atoms. The Bertz CT molecular complexity index is 511. The minimum atomic E-state index is -0.235. The predicted molar refractivity (Wildman–Crippen MR) is 88.2 cm³/mol. The summed E-state index contributed by atoms with van der Waals surface area (Å²) in [5.41, 5.74) is 1.20. The number of halogens is 2. The van der Waals surface area contributed by atoms with E-state index in [2.05, 4.69) is 10.6 Å². The zero-order valence-corrected chi connectivity index (χ0v) is 13.6. The molecule has 1 aromatic rings. The molecule has 2 N–H and O–H groups in total. The molecule has 0 unspecified atom stereocenters. The summed E-state index contributed by atoms with van der Waals surface area (Å²) in [6, 6.07) is 5.24. The number of amides is 1. The maximum absolute atomic E-state index is 14.3. The Labute approximate surface area is 137 Å². The summed E-state index contributed by atoms with van der Waals surface area (Å²) in [6.45, 7) is 1.88. The van der Waals surface area contributed by atoms with Crippen LogP contribution in [0.2, 0.25) is 0 Å². The molecule has 1 aliphatic heterocycles. The van der Waals surface area contributed by atoms with Crippen LogP contribution >= 0.6 is 12.4 Å². The number of carbonyl (C=O) groups excluding carboxylic acids is 1. The number of hydrogen-bond acceptors (Lipinski definition) is 2. The van der Waals surface area contributed by atoms with Gasteiger partial charge >= 0.3 is 0 Å². The van der Waals surface area contributed by atoms with Gasteiger partial charge in [0.05, 0.1) is 0 Å². The Kier molecular flexibility index (Phi) is 6.21. The highest BCUT2D eigenvalue weighted by molar-refractivity contribution is 5.94. The lowest BCUT2D eigenvalue weighted by Crippen LogP contribution is -2.32. The first-order chi connectivity index (χ1) is 10.2. The number of rotatable bonds is 3. The first-order valence-corrected chi connectivity index (χ1v) is 8.05. The maximum atomic E-state index is 14.3. The highest BCUT2D eigenvalue weighted by atomic mass is 35.5. The van der Waals surface area contributed by atoms with Crippen molar-refractivity contribution in [3.05, 3.63) is 35.1 Å². The van der Waals surface area contributed by atoms with Gasteiger partial charge in [-0.1, -0.05) is 18.9 Å². The van der Waals surface area contributed by atoms with Crippen molar-refractivity contribution >= 4 is 18.3 Å². The number of hydrogen-bond donors (Lipinski definition) is 2. The number of nitrogens with one attached hydrogen (secondary N) is 2. The topological polar surface area (TPSA) is 41.1 Å². The van der Waals surface area contributed by atoms with Crippen molar-refractivity contribution in [3.8, 4) is 0 Å². The second kappa shape index (κ2) is 7.93. The van der Waals surface area contributed by atoms with E-state index in [0.717, 1.165) is 44.3 Å². The molecule has 0 atom stereocenters. The highest BCUT2D eigenvalue weighted by Gasteiger charge is 2.21. The summed E-state index contributed by atoms with van der Waals surface area (Å²) in [7, 11) is 0. The third kappa shape index (κ3) is 3.99. The van der Waals surface area contributed by atoms with E-state index in [1.165, 1.54) is 18.9 Å². The molecule has 1 saturated heterocycles. The first-order valence-electron chi connectivity index (χ1n) is 8.05. The molecule has 1 aliphatic carbocycles. The fourth-order valence-corrected chi connectivity index (χ4v) is 3.47. The third-order valence-corrected chi connectivity index (χ3v) is 4.73. The van der Waals surface area contributed by atoms with Gasteiger partial charge in [0.15, 0.2) is 0 Å². The van der Waals surface area contributed by atoms with Crippen LogP contribution in [0.15, 0.2) is 18.2 Å². The summed E-state index contributed by atoms with van der Waals surface area (Å²) in [5, 5.41) is 6.29. The predicted octanol–water partition coefficient (Wildman–Crippen LogP) is 3.39. The fraction of sp³-hybridized carbons (Fsp3) is 0.588. The molecule has 22 heavy (non-hydrogen) atoms. The Morgan fingerprint density at radius 2 is 1.82 bits per heavy atom. The molecular weight excluding hydrogens is 303 g/mol. The van der Waals surface area contributed by atoms with Gasteiger partial charge in [0, 0.05) is 11.6 Å². The minimum absolute atomic E-state index is 0. The van der Waals surface area contributed by atoms with Crippen molar-refractivity contribution in [1.82, 2.24) is 10.6 Å². The number of benzene rings is 1. The minimum Gasteiger partial charge on any atom is -0.349 e. The summed E-state index contributed by atoms with van der Waals surface area (Å²) in [4.78, 5) is 12.2. The average Bonchev–Trinajstić information content (AvgIpc) is 3.01. The summed E-state index contributed by atoms with van der Waals surface area (Å²) < 4.78 is 14.3. The molecule has 0 radical (unpaired) electrons. The summed E-state index contributed by atoms with van der Waals surface area (Å²) >= 11 is 0. The normalized spacial score (nSPS) is 19.7. The zero-order chi connectivity index (χ0) is 14.7. The van der Waals surface area contributed by atoms with Crippen LogP contribution in [0.25, 0.3) is 0 Å². The molecule has 1 aromatic carbocycles. The second-order valence-corrected chi connectivity index (χ2v) is 6.22. The van der Waals surface area contributed by atoms with Gasteiger partial charge in [-0.25, -0.2) is 4.39 Å². The van der Waals surface area contributed by atoms with Gasteiger partial charge in [-0.3, -0.25) is 4.79 Å². The molecule has 2 fully saturated rings. The molecule has 122 valence electrons. The van der Waals surface area contributed by atoms with Gasteiger partial charge in [0.25, 0.3) is 5.91 Å². The van der Waals surface area contributed by atoms with Crippen LogP contribution in [0.3, 0.4) is 0 Å². The van der Waals surface area contributed by atoms with Crippen LogP contribution in [0.1, 0.15) is 60.4 Å². The Morgan fingerprint density at radius 3 is 2.45 bits per heavy atom. The first kappa shape index (κ1) is 17.2. The van der Waals surface area contributed by atoms with E-state index in [1.54, 1.807) is 12.1 Å². The Balaban J connectivity index is 0.00000176. The van der Waals surface area contributed by atoms with Crippen molar-refractivity contribution in [1.29, 1.82) is 0 Å². The third-order valence-electron chi connectivity index (χ3n) is 4.73. The van der Waals surface area contributed by atoms with Crippen LogP contribution in [-0.4, -0.2) is 25.0 Å². The maximum Gasteiger partial charge on any atom is 0.251 e. The van der Waals surface area contributed by atoms with E-state index in [1.807, 2.05) is 0 Å². The SMILES string of the molecule is Cl.O=C(NC1CCCC1)c1ccc(C2CCNCC2)c(F)c1. The van der Waals surface area contributed by atoms with E-state index < -0.39 is 0 Å². The highest BCUT2D eigenvalue weighted by Crippen LogP contribution is 2.28. The van der Waals surface area contributed by atoms with E-state index in [4.69, 9.17) is 0 Å². The van der Waals surface area contributed by atoms with Crippen LogP contribution < -0.4 is 10.6 Å².